The third-order valence-corrected chi connectivity index (χ3v) is 11.6. The molecule has 0 aromatic rings. The van der Waals surface area contributed by atoms with E-state index in [-0.39, 0.29) is 65.2 Å². The quantitative estimate of drug-likeness (QED) is 0.383. The van der Waals surface area contributed by atoms with Crippen molar-refractivity contribution in [3.8, 4) is 0 Å². The number of hydrogen-bond acceptors (Lipinski definition) is 6. The van der Waals surface area contributed by atoms with E-state index in [2.05, 4.69) is 26.1 Å². The zero-order valence-corrected chi connectivity index (χ0v) is 22.1. The maximum absolute atomic E-state index is 12.2. The lowest BCUT2D eigenvalue weighted by Gasteiger charge is -2.63. The smallest absolute Gasteiger partial charge is 0.266 e. The molecule has 4 aliphatic rings. The highest BCUT2D eigenvalue weighted by molar-refractivity contribution is 7.85. The summed E-state index contributed by atoms with van der Waals surface area (Å²) in [5.74, 6) is 0.777. The van der Waals surface area contributed by atoms with Crippen LogP contribution in [0, 0.1) is 46.3 Å². The normalized spacial score (nSPS) is 44.2. The Bertz CT molecular complexity index is 938. The van der Waals surface area contributed by atoms with E-state index in [1.807, 2.05) is 0 Å². The summed E-state index contributed by atoms with van der Waals surface area (Å²) >= 11 is 0. The summed E-state index contributed by atoms with van der Waals surface area (Å²) < 4.78 is 30.5. The fraction of sp³-hybridized carbons (Fsp3) is 0.923. The number of carbonyl (C=O) groups excluding carboxylic acids is 2. The van der Waals surface area contributed by atoms with Crippen LogP contribution in [0.4, 0.5) is 0 Å². The fourth-order valence-corrected chi connectivity index (χ4v) is 9.27. The van der Waals surface area contributed by atoms with Crippen LogP contribution in [0.3, 0.4) is 0 Å². The van der Waals surface area contributed by atoms with Gasteiger partial charge in [-0.3, -0.25) is 14.1 Å². The van der Waals surface area contributed by atoms with Crippen LogP contribution in [0.5, 0.6) is 0 Å². The number of hydrogen-bond donors (Lipinski definition) is 4. The van der Waals surface area contributed by atoms with Crippen LogP contribution in [0.1, 0.15) is 78.6 Å². The molecule has 0 heterocycles. The Morgan fingerprint density at radius 1 is 1.17 bits per heavy atom. The predicted molar refractivity (Wildman–Crippen MR) is 131 cm³/mol. The monoisotopic (exact) mass is 513 g/mol. The summed E-state index contributed by atoms with van der Waals surface area (Å²) in [5, 5.41) is 25.5. The summed E-state index contributed by atoms with van der Waals surface area (Å²) in [5.41, 5.74) is -0.333. The Kier molecular flexibility index (Phi) is 7.48. The molecule has 0 aromatic heterocycles. The summed E-state index contributed by atoms with van der Waals surface area (Å²) in [4.78, 5) is 24.4. The van der Waals surface area contributed by atoms with Crippen molar-refractivity contribution in [1.29, 1.82) is 0 Å². The molecule has 4 saturated carbocycles. The molecule has 35 heavy (non-hydrogen) atoms. The zero-order valence-electron chi connectivity index (χ0n) is 21.3. The second-order valence-corrected chi connectivity index (χ2v) is 14.1. The second kappa shape index (κ2) is 9.69. The van der Waals surface area contributed by atoms with Crippen LogP contribution in [0.15, 0.2) is 0 Å². The number of ketones is 1. The van der Waals surface area contributed by atoms with Crippen molar-refractivity contribution in [3.63, 3.8) is 0 Å². The molecule has 0 spiro atoms. The van der Waals surface area contributed by atoms with Crippen LogP contribution < -0.4 is 5.32 Å². The van der Waals surface area contributed by atoms with Crippen LogP contribution in [-0.4, -0.2) is 59.4 Å². The van der Waals surface area contributed by atoms with E-state index in [0.717, 1.165) is 19.3 Å². The number of Topliss-reactive ketones (excluding diaryl/α,β-unsaturated/α-hetero) is 1. The molecule has 1 amide bonds. The van der Waals surface area contributed by atoms with Crippen molar-refractivity contribution in [2.24, 2.45) is 46.3 Å². The van der Waals surface area contributed by atoms with Crippen molar-refractivity contribution in [2.75, 3.05) is 12.3 Å². The van der Waals surface area contributed by atoms with Gasteiger partial charge in [0.2, 0.25) is 5.91 Å². The van der Waals surface area contributed by atoms with Crippen molar-refractivity contribution < 1.29 is 32.8 Å². The van der Waals surface area contributed by atoms with Gasteiger partial charge in [0.05, 0.1) is 18.0 Å². The van der Waals surface area contributed by atoms with Crippen LogP contribution in [0.2, 0.25) is 0 Å². The lowest BCUT2D eigenvalue weighted by molar-refractivity contribution is -0.201. The molecular weight excluding hydrogens is 470 g/mol. The number of nitrogens with one attached hydrogen (secondary N) is 1. The van der Waals surface area contributed by atoms with E-state index < -0.39 is 28.1 Å². The molecule has 4 aliphatic carbocycles. The molecule has 9 heteroatoms. The number of rotatable bonds is 7. The largest absolute Gasteiger partial charge is 0.393 e. The summed E-state index contributed by atoms with van der Waals surface area (Å²) in [6, 6.07) is 0. The first kappa shape index (κ1) is 27.0. The molecular formula is C26H43NO7S. The van der Waals surface area contributed by atoms with Gasteiger partial charge in [0.1, 0.15) is 5.78 Å². The molecule has 0 radical (unpaired) electrons. The van der Waals surface area contributed by atoms with E-state index >= 15 is 0 Å². The summed E-state index contributed by atoms with van der Waals surface area (Å²) in [7, 11) is -4.10. The van der Waals surface area contributed by atoms with Crippen LogP contribution in [-0.2, 0) is 19.7 Å². The highest BCUT2D eigenvalue weighted by Gasteiger charge is 2.65. The molecule has 4 fully saturated rings. The first-order valence-corrected chi connectivity index (χ1v) is 15.0. The number of aliphatic hydroxyl groups excluding tert-OH is 2. The molecule has 0 bridgehead atoms. The van der Waals surface area contributed by atoms with Crippen molar-refractivity contribution in [1.82, 2.24) is 5.32 Å². The van der Waals surface area contributed by atoms with E-state index in [0.29, 0.717) is 37.9 Å². The molecule has 10 unspecified atom stereocenters. The van der Waals surface area contributed by atoms with Crippen molar-refractivity contribution in [3.05, 3.63) is 0 Å². The number of aliphatic hydroxyl groups is 2. The third kappa shape index (κ3) is 4.94. The highest BCUT2D eigenvalue weighted by atomic mass is 32.2. The van der Waals surface area contributed by atoms with Gasteiger partial charge >= 0.3 is 0 Å². The van der Waals surface area contributed by atoms with Gasteiger partial charge in [-0.25, -0.2) is 0 Å². The Labute approximate surface area is 209 Å². The Balaban J connectivity index is 1.44. The Morgan fingerprint density at radius 2 is 1.89 bits per heavy atom. The lowest BCUT2D eigenvalue weighted by Crippen LogP contribution is -2.62. The first-order chi connectivity index (χ1) is 16.3. The second-order valence-electron chi connectivity index (χ2n) is 12.5. The molecule has 200 valence electrons. The molecule has 0 aliphatic heterocycles. The Morgan fingerprint density at radius 3 is 2.57 bits per heavy atom. The van der Waals surface area contributed by atoms with Gasteiger partial charge in [0.15, 0.2) is 0 Å². The zero-order chi connectivity index (χ0) is 25.8. The SMILES string of the molecule is CC(CCC(=O)NCCS(=O)(=O)O)C1CCC2C3C(O)CC4CC(=O)CCC4(C)C3CC(O)C12C. The van der Waals surface area contributed by atoms with Crippen molar-refractivity contribution >= 4 is 21.8 Å². The minimum absolute atomic E-state index is 0.00996. The van der Waals surface area contributed by atoms with Gasteiger partial charge < -0.3 is 15.5 Å². The van der Waals surface area contributed by atoms with E-state index in [9.17, 15) is 28.2 Å². The minimum atomic E-state index is -4.10. The molecule has 10 atom stereocenters. The Hall–Kier alpha value is -1.03. The highest BCUT2D eigenvalue weighted by Crippen LogP contribution is 2.68. The third-order valence-electron chi connectivity index (χ3n) is 10.9. The van der Waals surface area contributed by atoms with E-state index in [1.54, 1.807) is 0 Å². The minimum Gasteiger partial charge on any atom is -0.393 e. The van der Waals surface area contributed by atoms with Gasteiger partial charge in [-0.05, 0) is 84.9 Å². The fourth-order valence-electron chi connectivity index (χ4n) is 8.91. The van der Waals surface area contributed by atoms with E-state index in [1.165, 1.54) is 0 Å². The first-order valence-electron chi connectivity index (χ1n) is 13.4. The van der Waals surface area contributed by atoms with E-state index in [4.69, 9.17) is 4.55 Å². The van der Waals surface area contributed by atoms with Crippen molar-refractivity contribution in [2.45, 2.75) is 90.8 Å². The van der Waals surface area contributed by atoms with Crippen LogP contribution in [0.25, 0.3) is 0 Å². The van der Waals surface area contributed by atoms with Gasteiger partial charge in [0, 0.05) is 25.8 Å². The van der Waals surface area contributed by atoms with Gasteiger partial charge in [-0.15, -0.1) is 0 Å². The number of amides is 1. The number of carbonyl (C=O) groups is 2. The van der Waals surface area contributed by atoms with Gasteiger partial charge in [0.25, 0.3) is 10.1 Å². The standard InChI is InChI=1S/C26H43NO7S/c1-15(4-7-23(31)27-10-11-35(32,33)34)18-5-6-19-24-20(14-22(30)26(18,19)3)25(2)9-8-17(28)12-16(25)13-21(24)29/h15-16,18-22,24,29-30H,4-14H2,1-3H3,(H,27,31)(H,32,33,34). The summed E-state index contributed by atoms with van der Waals surface area (Å²) in [6.45, 7) is 6.49. The number of fused-ring (bicyclic) bond motifs is 5. The summed E-state index contributed by atoms with van der Waals surface area (Å²) in [6.07, 6.45) is 5.25. The average molecular weight is 514 g/mol. The molecule has 0 saturated heterocycles. The average Bonchev–Trinajstić information content (AvgIpc) is 3.12. The molecule has 4 rings (SSSR count). The lowest BCUT2D eigenvalue weighted by atomic mass is 9.43. The van der Waals surface area contributed by atoms with Crippen LogP contribution >= 0.6 is 0 Å². The van der Waals surface area contributed by atoms with Gasteiger partial charge in [-0.1, -0.05) is 20.8 Å². The molecule has 0 aromatic carbocycles. The maximum Gasteiger partial charge on any atom is 0.266 e. The van der Waals surface area contributed by atoms with Gasteiger partial charge in [-0.2, -0.15) is 8.42 Å². The molecule has 4 N–H and O–H groups in total. The molecule has 8 nitrogen and oxygen atoms in total. The predicted octanol–water partition coefficient (Wildman–Crippen LogP) is 2.58. The maximum atomic E-state index is 12.2. The topological polar surface area (TPSA) is 141 Å².